The third-order valence-corrected chi connectivity index (χ3v) is 3.50. The zero-order valence-electron chi connectivity index (χ0n) is 13.7. The van der Waals surface area contributed by atoms with Crippen LogP contribution in [0.15, 0.2) is 22.7 Å². The molecule has 0 unspecified atom stereocenters. The number of rotatable bonds is 6. The molecule has 0 aliphatic carbocycles. The van der Waals surface area contributed by atoms with Crippen LogP contribution in [0.2, 0.25) is 0 Å². The van der Waals surface area contributed by atoms with Crippen molar-refractivity contribution < 1.29 is 32.1 Å². The second-order valence-electron chi connectivity index (χ2n) is 5.30. The number of carbonyl (C=O) groups is 1. The predicted molar refractivity (Wildman–Crippen MR) is 82.4 cm³/mol. The summed E-state index contributed by atoms with van der Waals surface area (Å²) in [7, 11) is 0. The number of hydrogen-bond acceptors (Lipinski definition) is 7. The molecule has 0 fully saturated rings. The number of anilines is 1. The Balaban J connectivity index is 2.02. The maximum absolute atomic E-state index is 12.6. The Kier molecular flexibility index (Phi) is 5.48. The lowest BCUT2D eigenvalue weighted by Gasteiger charge is -2.10. The van der Waals surface area contributed by atoms with Crippen LogP contribution in [0.3, 0.4) is 0 Å². The van der Waals surface area contributed by atoms with E-state index in [1.165, 1.54) is 0 Å². The second-order valence-corrected chi connectivity index (χ2v) is 5.30. The molecule has 0 aliphatic heterocycles. The van der Waals surface area contributed by atoms with E-state index in [0.717, 1.165) is 6.07 Å². The van der Waals surface area contributed by atoms with Crippen molar-refractivity contribution in [2.24, 2.45) is 0 Å². The molecule has 0 saturated carbocycles. The van der Waals surface area contributed by atoms with Crippen molar-refractivity contribution in [1.82, 2.24) is 5.16 Å². The normalized spacial score (nSPS) is 11.3. The van der Waals surface area contributed by atoms with Crippen molar-refractivity contribution in [3.8, 4) is 0 Å². The summed E-state index contributed by atoms with van der Waals surface area (Å²) in [6, 6.07) is 1.98. The van der Waals surface area contributed by atoms with Gasteiger partial charge in [0.15, 0.2) is 0 Å². The van der Waals surface area contributed by atoms with Crippen LogP contribution in [0.5, 0.6) is 0 Å². The molecule has 0 amide bonds. The Bertz CT molecular complexity index is 813. The molecule has 2 rings (SSSR count). The van der Waals surface area contributed by atoms with E-state index in [1.54, 1.807) is 13.8 Å². The highest BCUT2D eigenvalue weighted by atomic mass is 19.4. The van der Waals surface area contributed by atoms with Crippen LogP contribution >= 0.6 is 0 Å². The highest BCUT2D eigenvalue weighted by Gasteiger charge is 2.33. The fourth-order valence-corrected chi connectivity index (χ4v) is 2.09. The minimum absolute atomic E-state index is 0.100. The number of hydrogen-bond donors (Lipinski definition) is 1. The SMILES string of the molecule is Cc1noc(C)c1COC(=O)CNc1ccc(C(F)(F)F)cc1[N+](=O)[O-]. The number of nitrogens with one attached hydrogen (secondary N) is 1. The minimum Gasteiger partial charge on any atom is -0.459 e. The molecule has 26 heavy (non-hydrogen) atoms. The summed E-state index contributed by atoms with van der Waals surface area (Å²) in [6.07, 6.45) is -4.71. The smallest absolute Gasteiger partial charge is 0.416 e. The first-order chi connectivity index (χ1) is 12.1. The minimum atomic E-state index is -4.71. The second kappa shape index (κ2) is 7.42. The third-order valence-electron chi connectivity index (χ3n) is 3.50. The monoisotopic (exact) mass is 373 g/mol. The number of alkyl halides is 3. The van der Waals surface area contributed by atoms with E-state index in [4.69, 9.17) is 9.26 Å². The van der Waals surface area contributed by atoms with Gasteiger partial charge in [0.05, 0.1) is 21.7 Å². The van der Waals surface area contributed by atoms with E-state index in [9.17, 15) is 28.1 Å². The lowest BCUT2D eigenvalue weighted by atomic mass is 10.1. The number of benzene rings is 1. The average Bonchev–Trinajstić information content (AvgIpc) is 2.88. The van der Waals surface area contributed by atoms with Gasteiger partial charge in [0.1, 0.15) is 24.6 Å². The fourth-order valence-electron chi connectivity index (χ4n) is 2.09. The van der Waals surface area contributed by atoms with Crippen LogP contribution < -0.4 is 5.32 Å². The Hall–Kier alpha value is -3.11. The van der Waals surface area contributed by atoms with E-state index < -0.39 is 34.9 Å². The third kappa shape index (κ3) is 4.49. The lowest BCUT2D eigenvalue weighted by Crippen LogP contribution is -2.18. The van der Waals surface area contributed by atoms with Gasteiger partial charge in [-0.2, -0.15) is 13.2 Å². The molecule has 0 spiro atoms. The summed E-state index contributed by atoms with van der Waals surface area (Å²) in [5, 5.41) is 17.1. The Morgan fingerprint density at radius 2 is 2.08 bits per heavy atom. The molecular weight excluding hydrogens is 359 g/mol. The van der Waals surface area contributed by atoms with E-state index in [-0.39, 0.29) is 12.3 Å². The highest BCUT2D eigenvalue weighted by molar-refractivity contribution is 5.77. The number of ether oxygens (including phenoxy) is 1. The van der Waals surface area contributed by atoms with Gasteiger partial charge in [-0.05, 0) is 26.0 Å². The average molecular weight is 373 g/mol. The molecule has 140 valence electrons. The van der Waals surface area contributed by atoms with Gasteiger partial charge < -0.3 is 14.6 Å². The van der Waals surface area contributed by atoms with Crippen LogP contribution in [-0.2, 0) is 22.3 Å². The molecule has 1 aromatic heterocycles. The van der Waals surface area contributed by atoms with Crippen molar-refractivity contribution in [2.75, 3.05) is 11.9 Å². The molecule has 2 aromatic rings. The molecule has 1 aromatic carbocycles. The number of nitro groups is 1. The topological polar surface area (TPSA) is 108 Å². The summed E-state index contributed by atoms with van der Waals surface area (Å²) >= 11 is 0. The van der Waals surface area contributed by atoms with Gasteiger partial charge in [-0.15, -0.1) is 0 Å². The van der Waals surface area contributed by atoms with E-state index in [0.29, 0.717) is 29.2 Å². The molecule has 11 heteroatoms. The summed E-state index contributed by atoms with van der Waals surface area (Å²) < 4.78 is 47.9. The van der Waals surface area contributed by atoms with Gasteiger partial charge in [-0.3, -0.25) is 14.9 Å². The van der Waals surface area contributed by atoms with Crippen molar-refractivity contribution in [3.05, 3.63) is 50.9 Å². The molecule has 0 bridgehead atoms. The molecule has 0 atom stereocenters. The van der Waals surface area contributed by atoms with Gasteiger partial charge in [0, 0.05) is 6.07 Å². The molecule has 0 saturated heterocycles. The Morgan fingerprint density at radius 3 is 2.62 bits per heavy atom. The lowest BCUT2D eigenvalue weighted by molar-refractivity contribution is -0.384. The number of halogens is 3. The van der Waals surface area contributed by atoms with Gasteiger partial charge >= 0.3 is 12.1 Å². The summed E-state index contributed by atoms with van der Waals surface area (Å²) in [5.74, 6) is -0.263. The highest BCUT2D eigenvalue weighted by Crippen LogP contribution is 2.34. The van der Waals surface area contributed by atoms with Crippen molar-refractivity contribution in [3.63, 3.8) is 0 Å². The van der Waals surface area contributed by atoms with Gasteiger partial charge in [-0.1, -0.05) is 5.16 Å². The number of esters is 1. The van der Waals surface area contributed by atoms with E-state index >= 15 is 0 Å². The Morgan fingerprint density at radius 1 is 1.38 bits per heavy atom. The van der Waals surface area contributed by atoms with Crippen LogP contribution in [0, 0.1) is 24.0 Å². The summed E-state index contributed by atoms with van der Waals surface area (Å²) in [4.78, 5) is 21.8. The Labute approximate surface area is 145 Å². The number of nitrogens with zero attached hydrogens (tertiary/aromatic N) is 2. The van der Waals surface area contributed by atoms with Gasteiger partial charge in [0.2, 0.25) is 0 Å². The molecule has 8 nitrogen and oxygen atoms in total. The molecular formula is C15H14F3N3O5. The maximum Gasteiger partial charge on any atom is 0.416 e. The quantitative estimate of drug-likeness (QED) is 0.470. The number of aryl methyl sites for hydroxylation is 2. The van der Waals surface area contributed by atoms with Crippen LogP contribution in [0.25, 0.3) is 0 Å². The summed E-state index contributed by atoms with van der Waals surface area (Å²) in [6.45, 7) is 2.75. The predicted octanol–water partition coefficient (Wildman–Crippen LogP) is 3.37. The summed E-state index contributed by atoms with van der Waals surface area (Å²) in [5.41, 5.74) is -1.02. The molecule has 1 N–H and O–H groups in total. The molecule has 1 heterocycles. The van der Waals surface area contributed by atoms with Crippen LogP contribution in [0.4, 0.5) is 24.5 Å². The van der Waals surface area contributed by atoms with Gasteiger partial charge in [0.25, 0.3) is 5.69 Å². The van der Waals surface area contributed by atoms with Crippen molar-refractivity contribution in [2.45, 2.75) is 26.6 Å². The molecule has 0 aliphatic rings. The standard InChI is InChI=1S/C15H14F3N3O5/c1-8-11(9(2)26-20-8)7-25-14(22)6-19-12-4-3-10(15(16,17)18)5-13(12)21(23)24/h3-5,19H,6-7H2,1-2H3. The van der Waals surface area contributed by atoms with E-state index in [1.807, 2.05) is 0 Å². The first-order valence-electron chi connectivity index (χ1n) is 7.26. The maximum atomic E-state index is 12.6. The molecule has 0 radical (unpaired) electrons. The van der Waals surface area contributed by atoms with Crippen LogP contribution in [-0.4, -0.2) is 22.6 Å². The number of nitro benzene ring substituents is 1. The first kappa shape index (κ1) is 19.2. The fraction of sp³-hybridized carbons (Fsp3) is 0.333. The van der Waals surface area contributed by atoms with Crippen molar-refractivity contribution >= 4 is 17.3 Å². The first-order valence-corrected chi connectivity index (χ1v) is 7.26. The van der Waals surface area contributed by atoms with E-state index in [2.05, 4.69) is 10.5 Å². The number of aromatic nitrogens is 1. The van der Waals surface area contributed by atoms with Gasteiger partial charge in [-0.25, -0.2) is 0 Å². The zero-order chi connectivity index (χ0) is 19.5. The number of carbonyl (C=O) groups excluding carboxylic acids is 1. The van der Waals surface area contributed by atoms with Crippen molar-refractivity contribution in [1.29, 1.82) is 0 Å². The largest absolute Gasteiger partial charge is 0.459 e. The van der Waals surface area contributed by atoms with Crippen LogP contribution in [0.1, 0.15) is 22.6 Å². The zero-order valence-corrected chi connectivity index (χ0v) is 13.7.